The lowest BCUT2D eigenvalue weighted by Gasteiger charge is -2.27. The van der Waals surface area contributed by atoms with Crippen LogP contribution in [0.2, 0.25) is 4.34 Å². The van der Waals surface area contributed by atoms with Gasteiger partial charge in [-0.05, 0) is 56.9 Å². The van der Waals surface area contributed by atoms with Crippen molar-refractivity contribution in [3.05, 3.63) is 38.5 Å². The molecule has 1 aromatic heterocycles. The van der Waals surface area contributed by atoms with Gasteiger partial charge in [-0.3, -0.25) is 0 Å². The van der Waals surface area contributed by atoms with Crippen molar-refractivity contribution in [2.75, 3.05) is 13.7 Å². The average molecular weight is 463 g/mol. The second kappa shape index (κ2) is 8.40. The van der Waals surface area contributed by atoms with E-state index >= 15 is 0 Å². The molecule has 30 heavy (non-hydrogen) atoms. The Bertz CT molecular complexity index is 947. The fraction of sp³-hybridized carbons (Fsp3) is 0.476. The lowest BCUT2D eigenvalue weighted by Crippen LogP contribution is -2.29. The summed E-state index contributed by atoms with van der Waals surface area (Å²) in [5.74, 6) is -0.225. The van der Waals surface area contributed by atoms with E-state index in [-0.39, 0.29) is 15.5 Å². The lowest BCUT2D eigenvalue weighted by molar-refractivity contribution is -0.166. The third-order valence-corrected chi connectivity index (χ3v) is 5.96. The zero-order valence-electron chi connectivity index (χ0n) is 17.0. The molecule has 2 heterocycles. The van der Waals surface area contributed by atoms with Crippen molar-refractivity contribution in [2.45, 2.75) is 51.5 Å². The van der Waals surface area contributed by atoms with Crippen LogP contribution in [0.25, 0.3) is 11.1 Å². The van der Waals surface area contributed by atoms with Gasteiger partial charge < -0.3 is 14.2 Å². The number of alkyl halides is 3. The number of esters is 1. The monoisotopic (exact) mass is 462 g/mol. The number of carbonyl (C=O) groups excluding carboxylic acids is 1. The maximum absolute atomic E-state index is 13.9. The highest BCUT2D eigenvalue weighted by Gasteiger charge is 2.44. The first-order valence-electron chi connectivity index (χ1n) is 9.33. The van der Waals surface area contributed by atoms with Crippen LogP contribution in [0.4, 0.5) is 13.2 Å². The first kappa shape index (κ1) is 22.9. The Morgan fingerprint density at radius 3 is 2.57 bits per heavy atom. The van der Waals surface area contributed by atoms with Crippen LogP contribution in [-0.2, 0) is 26.9 Å². The first-order chi connectivity index (χ1) is 13.9. The number of hydrogen-bond acceptors (Lipinski definition) is 5. The minimum atomic E-state index is -4.72. The van der Waals surface area contributed by atoms with Gasteiger partial charge in [0.15, 0.2) is 6.10 Å². The van der Waals surface area contributed by atoms with Gasteiger partial charge in [0.2, 0.25) is 0 Å². The Balaban J connectivity index is 2.25. The van der Waals surface area contributed by atoms with Gasteiger partial charge >= 0.3 is 12.1 Å². The van der Waals surface area contributed by atoms with E-state index in [1.165, 1.54) is 0 Å². The van der Waals surface area contributed by atoms with Crippen LogP contribution in [0.15, 0.2) is 18.2 Å². The van der Waals surface area contributed by atoms with Gasteiger partial charge in [0, 0.05) is 11.1 Å². The van der Waals surface area contributed by atoms with Gasteiger partial charge in [0.25, 0.3) is 0 Å². The highest BCUT2D eigenvalue weighted by molar-refractivity contribution is 7.17. The molecule has 0 bridgehead atoms. The molecule has 1 aliphatic rings. The molecule has 0 spiro atoms. The number of rotatable bonds is 4. The van der Waals surface area contributed by atoms with Crippen LogP contribution in [0.5, 0.6) is 5.75 Å². The number of fused-ring (bicyclic) bond motifs is 1. The number of aryl methyl sites for hydroxylation is 1. The van der Waals surface area contributed by atoms with E-state index in [1.54, 1.807) is 39.0 Å². The predicted molar refractivity (Wildman–Crippen MR) is 109 cm³/mol. The normalized spacial score (nSPS) is 15.3. The van der Waals surface area contributed by atoms with Gasteiger partial charge in [0.1, 0.15) is 15.0 Å². The van der Waals surface area contributed by atoms with Crippen molar-refractivity contribution in [3.8, 4) is 16.9 Å². The quantitative estimate of drug-likeness (QED) is 0.490. The molecule has 0 saturated carbocycles. The zero-order chi connectivity index (χ0) is 22.3. The maximum Gasteiger partial charge on any atom is 0.426 e. The minimum absolute atomic E-state index is 0.0691. The summed E-state index contributed by atoms with van der Waals surface area (Å²) in [6.07, 6.45) is -4.75. The summed E-state index contributed by atoms with van der Waals surface area (Å²) in [7, 11) is 1.11. The Hall–Kier alpha value is -1.77. The number of ether oxygens (including phenoxy) is 3. The number of thiophene rings is 1. The number of carbonyl (C=O) groups is 1. The molecule has 3 rings (SSSR count). The van der Waals surface area contributed by atoms with Crippen molar-refractivity contribution >= 4 is 28.9 Å². The molecule has 0 amide bonds. The molecule has 0 saturated heterocycles. The summed E-state index contributed by atoms with van der Waals surface area (Å²) in [6.45, 7) is 5.55. The van der Waals surface area contributed by atoms with Crippen LogP contribution in [0.3, 0.4) is 0 Å². The van der Waals surface area contributed by atoms with Gasteiger partial charge in [0.05, 0.1) is 19.3 Å². The van der Waals surface area contributed by atoms with E-state index in [4.69, 9.17) is 25.8 Å². The molecule has 2 aromatic rings. The van der Waals surface area contributed by atoms with Gasteiger partial charge in [-0.25, -0.2) is 4.79 Å². The molecule has 1 aromatic carbocycles. The second-order valence-electron chi connectivity index (χ2n) is 7.90. The second-order valence-corrected chi connectivity index (χ2v) is 9.52. The largest absolute Gasteiger partial charge is 0.493 e. The molecule has 1 unspecified atom stereocenters. The Labute approximate surface area is 181 Å². The molecule has 1 atom stereocenters. The van der Waals surface area contributed by atoms with Crippen molar-refractivity contribution in [2.24, 2.45) is 0 Å². The minimum Gasteiger partial charge on any atom is -0.493 e. The van der Waals surface area contributed by atoms with Crippen LogP contribution in [0, 0.1) is 0 Å². The summed E-state index contributed by atoms with van der Waals surface area (Å²) in [4.78, 5) is 11.5. The summed E-state index contributed by atoms with van der Waals surface area (Å²) < 4.78 is 57.8. The number of benzene rings is 1. The summed E-state index contributed by atoms with van der Waals surface area (Å²) in [6, 6.07) is 5.12. The maximum atomic E-state index is 13.9. The number of halogens is 4. The zero-order valence-corrected chi connectivity index (χ0v) is 18.6. The molecule has 9 heteroatoms. The van der Waals surface area contributed by atoms with Crippen molar-refractivity contribution in [1.82, 2.24) is 0 Å². The van der Waals surface area contributed by atoms with Crippen LogP contribution >= 0.6 is 22.9 Å². The lowest BCUT2D eigenvalue weighted by atomic mass is 9.94. The van der Waals surface area contributed by atoms with Gasteiger partial charge in [-0.15, -0.1) is 11.3 Å². The smallest absolute Gasteiger partial charge is 0.426 e. The highest BCUT2D eigenvalue weighted by Crippen LogP contribution is 2.51. The summed E-state index contributed by atoms with van der Waals surface area (Å²) >= 11 is 6.70. The molecule has 164 valence electrons. The van der Waals surface area contributed by atoms with Crippen molar-refractivity contribution < 1.29 is 32.2 Å². The Kier molecular flexibility index (Phi) is 6.41. The summed E-state index contributed by atoms with van der Waals surface area (Å²) in [5, 5.41) is 0. The van der Waals surface area contributed by atoms with E-state index in [9.17, 15) is 18.0 Å². The van der Waals surface area contributed by atoms with E-state index in [0.717, 1.165) is 25.5 Å². The number of methoxy groups -OCH3 is 1. The van der Waals surface area contributed by atoms with E-state index < -0.39 is 28.7 Å². The molecular weight excluding hydrogens is 441 g/mol. The first-order valence-corrected chi connectivity index (χ1v) is 10.5. The fourth-order valence-electron chi connectivity index (χ4n) is 3.35. The van der Waals surface area contributed by atoms with E-state index in [0.29, 0.717) is 29.3 Å². The van der Waals surface area contributed by atoms with Gasteiger partial charge in [-0.1, -0.05) is 17.7 Å². The fourth-order valence-corrected chi connectivity index (χ4v) is 4.73. The number of hydrogen-bond donors (Lipinski definition) is 0. The van der Waals surface area contributed by atoms with Crippen LogP contribution in [-0.4, -0.2) is 25.3 Å². The SMILES string of the molecule is COC(=O)C(OC(C)(C)C)c1c(C(F)(F)F)sc(Cl)c1-c1ccc2c(c1)CCCO2. The van der Waals surface area contributed by atoms with E-state index in [2.05, 4.69) is 0 Å². The Morgan fingerprint density at radius 1 is 1.27 bits per heavy atom. The molecule has 1 aliphatic heterocycles. The average Bonchev–Trinajstić information content (AvgIpc) is 3.01. The molecule has 0 N–H and O–H groups in total. The van der Waals surface area contributed by atoms with E-state index in [1.807, 2.05) is 0 Å². The third-order valence-electron chi connectivity index (χ3n) is 4.51. The van der Waals surface area contributed by atoms with Crippen molar-refractivity contribution in [3.63, 3.8) is 0 Å². The predicted octanol–water partition coefficient (Wildman–Crippen LogP) is 6.44. The van der Waals surface area contributed by atoms with Crippen LogP contribution in [0.1, 0.15) is 49.3 Å². The molecule has 0 aliphatic carbocycles. The third kappa shape index (κ3) is 4.76. The standard InChI is InChI=1S/C21H22ClF3O4S/c1-20(2,3)29-16(19(26)27-4)15-14(18(22)30-17(15)21(23,24)25)12-7-8-13-11(10-12)6-5-9-28-13/h7-8,10,16H,5-6,9H2,1-4H3. The van der Waals surface area contributed by atoms with Crippen molar-refractivity contribution in [1.29, 1.82) is 0 Å². The molecule has 4 nitrogen and oxygen atoms in total. The topological polar surface area (TPSA) is 44.8 Å². The van der Waals surface area contributed by atoms with Crippen LogP contribution < -0.4 is 4.74 Å². The molecular formula is C21H22ClF3O4S. The molecule has 0 fully saturated rings. The highest BCUT2D eigenvalue weighted by atomic mass is 35.5. The summed E-state index contributed by atoms with van der Waals surface area (Å²) in [5.41, 5.74) is 0.249. The van der Waals surface area contributed by atoms with Gasteiger partial charge in [-0.2, -0.15) is 13.2 Å². The molecule has 0 radical (unpaired) electrons. The Morgan fingerprint density at radius 2 is 1.97 bits per heavy atom.